The summed E-state index contributed by atoms with van der Waals surface area (Å²) in [5.41, 5.74) is 0.342. The lowest BCUT2D eigenvalue weighted by Crippen LogP contribution is -2.39. The topological polar surface area (TPSA) is 84.9 Å². The largest absolute Gasteiger partial charge is 0.376 e. The third-order valence-electron chi connectivity index (χ3n) is 3.60. The SMILES string of the molecule is CCN(C)C(=O)c1cccc(S(=O)(=O)NC[C@H]2COCCO2)c1. The summed E-state index contributed by atoms with van der Waals surface area (Å²) in [5, 5.41) is 0. The highest BCUT2D eigenvalue weighted by Crippen LogP contribution is 2.13. The highest BCUT2D eigenvalue weighted by atomic mass is 32.2. The maximum atomic E-state index is 12.4. The van der Waals surface area contributed by atoms with Crippen LogP contribution in [-0.4, -0.2) is 65.3 Å². The molecule has 0 saturated carbocycles. The maximum Gasteiger partial charge on any atom is 0.253 e. The maximum absolute atomic E-state index is 12.4. The summed E-state index contributed by atoms with van der Waals surface area (Å²) >= 11 is 0. The number of benzene rings is 1. The molecule has 0 aromatic heterocycles. The Morgan fingerprint density at radius 3 is 2.83 bits per heavy atom. The van der Waals surface area contributed by atoms with Gasteiger partial charge in [-0.15, -0.1) is 0 Å². The second-order valence-corrected chi connectivity index (χ2v) is 7.03. The van der Waals surface area contributed by atoms with Gasteiger partial charge in [-0.05, 0) is 25.1 Å². The molecule has 1 atom stereocenters. The molecule has 0 unspecified atom stereocenters. The zero-order valence-corrected chi connectivity index (χ0v) is 14.1. The van der Waals surface area contributed by atoms with E-state index in [2.05, 4.69) is 4.72 Å². The van der Waals surface area contributed by atoms with Crippen LogP contribution in [0.1, 0.15) is 17.3 Å². The van der Waals surface area contributed by atoms with Crippen molar-refractivity contribution in [3.05, 3.63) is 29.8 Å². The van der Waals surface area contributed by atoms with Gasteiger partial charge in [0.1, 0.15) is 0 Å². The van der Waals surface area contributed by atoms with Crippen LogP contribution < -0.4 is 4.72 Å². The molecule has 2 rings (SSSR count). The van der Waals surface area contributed by atoms with E-state index in [0.717, 1.165) is 0 Å². The number of hydrogen-bond acceptors (Lipinski definition) is 5. The third-order valence-corrected chi connectivity index (χ3v) is 5.02. The number of ether oxygens (including phenoxy) is 2. The molecule has 0 radical (unpaired) electrons. The lowest BCUT2D eigenvalue weighted by Gasteiger charge is -2.23. The Morgan fingerprint density at radius 2 is 2.17 bits per heavy atom. The molecule has 1 saturated heterocycles. The molecule has 0 aliphatic carbocycles. The number of sulfonamides is 1. The van der Waals surface area contributed by atoms with Gasteiger partial charge in [0.25, 0.3) is 5.91 Å². The molecular weight excluding hydrogens is 320 g/mol. The molecule has 8 heteroatoms. The zero-order valence-electron chi connectivity index (χ0n) is 13.3. The van der Waals surface area contributed by atoms with E-state index in [-0.39, 0.29) is 23.5 Å². The van der Waals surface area contributed by atoms with Gasteiger partial charge in [0.15, 0.2) is 0 Å². The van der Waals surface area contributed by atoms with E-state index in [1.54, 1.807) is 19.2 Å². The van der Waals surface area contributed by atoms with Crippen molar-refractivity contribution >= 4 is 15.9 Å². The highest BCUT2D eigenvalue weighted by Gasteiger charge is 2.21. The van der Waals surface area contributed by atoms with Crippen molar-refractivity contribution in [2.45, 2.75) is 17.9 Å². The van der Waals surface area contributed by atoms with Crippen LogP contribution in [0, 0.1) is 0 Å². The van der Waals surface area contributed by atoms with E-state index in [9.17, 15) is 13.2 Å². The van der Waals surface area contributed by atoms with Crippen molar-refractivity contribution in [2.75, 3.05) is 40.0 Å². The van der Waals surface area contributed by atoms with E-state index >= 15 is 0 Å². The van der Waals surface area contributed by atoms with E-state index < -0.39 is 10.0 Å². The van der Waals surface area contributed by atoms with Gasteiger partial charge < -0.3 is 14.4 Å². The molecule has 1 aliphatic heterocycles. The molecule has 0 bridgehead atoms. The number of amides is 1. The summed E-state index contributed by atoms with van der Waals surface area (Å²) in [7, 11) is -2.04. The van der Waals surface area contributed by atoms with Crippen molar-refractivity contribution in [3.8, 4) is 0 Å². The minimum Gasteiger partial charge on any atom is -0.376 e. The third kappa shape index (κ3) is 4.74. The summed E-state index contributed by atoms with van der Waals surface area (Å²) in [4.78, 5) is 13.7. The summed E-state index contributed by atoms with van der Waals surface area (Å²) in [6, 6.07) is 6.01. The van der Waals surface area contributed by atoms with Crippen LogP contribution in [0.5, 0.6) is 0 Å². The quantitative estimate of drug-likeness (QED) is 0.812. The molecule has 1 N–H and O–H groups in total. The first-order valence-electron chi connectivity index (χ1n) is 7.48. The van der Waals surface area contributed by atoms with Gasteiger partial charge in [-0.1, -0.05) is 6.07 Å². The van der Waals surface area contributed by atoms with Crippen LogP contribution in [0.15, 0.2) is 29.2 Å². The Kier molecular flexibility index (Phi) is 6.11. The van der Waals surface area contributed by atoms with Crippen LogP contribution in [0.25, 0.3) is 0 Å². The average Bonchev–Trinajstić information content (AvgIpc) is 2.59. The second-order valence-electron chi connectivity index (χ2n) is 5.27. The van der Waals surface area contributed by atoms with Gasteiger partial charge in [0.2, 0.25) is 10.0 Å². The molecule has 1 heterocycles. The number of rotatable bonds is 6. The summed E-state index contributed by atoms with van der Waals surface area (Å²) in [6.45, 7) is 3.88. The summed E-state index contributed by atoms with van der Waals surface area (Å²) in [6.07, 6.45) is -0.297. The number of hydrogen-bond donors (Lipinski definition) is 1. The van der Waals surface area contributed by atoms with E-state index in [4.69, 9.17) is 9.47 Å². The molecule has 1 aliphatic rings. The summed E-state index contributed by atoms with van der Waals surface area (Å²) in [5.74, 6) is -0.214. The fourth-order valence-corrected chi connectivity index (χ4v) is 3.21. The van der Waals surface area contributed by atoms with Gasteiger partial charge in [-0.3, -0.25) is 4.79 Å². The molecule has 1 aromatic carbocycles. The molecule has 7 nitrogen and oxygen atoms in total. The lowest BCUT2D eigenvalue weighted by molar-refractivity contribution is -0.0846. The van der Waals surface area contributed by atoms with Crippen molar-refractivity contribution < 1.29 is 22.7 Å². The Morgan fingerprint density at radius 1 is 1.39 bits per heavy atom. The predicted molar refractivity (Wildman–Crippen MR) is 84.8 cm³/mol. The fraction of sp³-hybridized carbons (Fsp3) is 0.533. The van der Waals surface area contributed by atoms with Gasteiger partial charge in [-0.25, -0.2) is 13.1 Å². The average molecular weight is 342 g/mol. The second kappa shape index (κ2) is 7.87. The monoisotopic (exact) mass is 342 g/mol. The van der Waals surface area contributed by atoms with E-state index in [1.165, 1.54) is 17.0 Å². The number of carbonyl (C=O) groups is 1. The minimum atomic E-state index is -3.70. The van der Waals surface area contributed by atoms with Crippen molar-refractivity contribution in [1.29, 1.82) is 0 Å². The summed E-state index contributed by atoms with van der Waals surface area (Å²) < 4.78 is 37.8. The first-order chi connectivity index (χ1) is 10.9. The van der Waals surface area contributed by atoms with Crippen molar-refractivity contribution in [3.63, 3.8) is 0 Å². The zero-order chi connectivity index (χ0) is 16.9. The Bertz CT molecular complexity index is 641. The van der Waals surface area contributed by atoms with Crippen molar-refractivity contribution in [2.24, 2.45) is 0 Å². The molecule has 1 fully saturated rings. The standard InChI is InChI=1S/C15H22N2O5S/c1-3-17(2)15(18)12-5-4-6-14(9-12)23(19,20)16-10-13-11-21-7-8-22-13/h4-6,9,13,16H,3,7-8,10-11H2,1-2H3/t13-/m0/s1. The number of carbonyl (C=O) groups excluding carboxylic acids is 1. The molecule has 0 spiro atoms. The first-order valence-corrected chi connectivity index (χ1v) is 8.97. The van der Waals surface area contributed by atoms with Crippen LogP contribution in [0.4, 0.5) is 0 Å². The molecule has 1 amide bonds. The fourth-order valence-electron chi connectivity index (χ4n) is 2.10. The van der Waals surface area contributed by atoms with Gasteiger partial charge in [-0.2, -0.15) is 0 Å². The minimum absolute atomic E-state index is 0.0598. The Labute approximate surface area is 136 Å². The Balaban J connectivity index is 2.08. The smallest absolute Gasteiger partial charge is 0.253 e. The van der Waals surface area contributed by atoms with E-state index in [1.807, 2.05) is 6.92 Å². The van der Waals surface area contributed by atoms with Gasteiger partial charge in [0, 0.05) is 25.7 Å². The number of nitrogens with one attached hydrogen (secondary N) is 1. The first kappa shape index (κ1) is 17.9. The Hall–Kier alpha value is -1.48. The molecule has 128 valence electrons. The van der Waals surface area contributed by atoms with Crippen LogP contribution in [0.3, 0.4) is 0 Å². The van der Waals surface area contributed by atoms with Crippen LogP contribution in [-0.2, 0) is 19.5 Å². The van der Waals surface area contributed by atoms with Gasteiger partial charge >= 0.3 is 0 Å². The lowest BCUT2D eigenvalue weighted by atomic mass is 10.2. The van der Waals surface area contributed by atoms with Crippen LogP contribution in [0.2, 0.25) is 0 Å². The van der Waals surface area contributed by atoms with Crippen molar-refractivity contribution in [1.82, 2.24) is 9.62 Å². The van der Waals surface area contributed by atoms with Crippen LogP contribution >= 0.6 is 0 Å². The molecule has 1 aromatic rings. The highest BCUT2D eigenvalue weighted by molar-refractivity contribution is 7.89. The van der Waals surface area contributed by atoms with Gasteiger partial charge in [0.05, 0.1) is 30.8 Å². The molecule has 23 heavy (non-hydrogen) atoms. The number of nitrogens with zero attached hydrogens (tertiary/aromatic N) is 1. The normalized spacial score (nSPS) is 18.6. The molecular formula is C15H22N2O5S. The predicted octanol–water partition coefficient (Wildman–Crippen LogP) is 0.472. The van der Waals surface area contributed by atoms with E-state index in [0.29, 0.717) is 31.9 Å².